The fourth-order valence-electron chi connectivity index (χ4n) is 2.73. The third-order valence-corrected chi connectivity index (χ3v) is 4.59. The second-order valence-corrected chi connectivity index (χ2v) is 6.72. The number of carbonyl (C=O) groups is 1. The third-order valence-electron chi connectivity index (χ3n) is 4.59. The largest absolute Gasteiger partial charge is 0.481 e. The van der Waals surface area contributed by atoms with E-state index in [1.807, 2.05) is 68.4 Å². The standard InChI is InChI=1S/C23H25N3O3/c1-16-8-7-11-21(17(16)2)29-18(3)23(27)24-14-15-28-22-13-12-20(25-26-22)19-9-5-4-6-10-19/h4-13,18H,14-15H2,1-3H3,(H,24,27). The van der Waals surface area contributed by atoms with Gasteiger partial charge in [0.2, 0.25) is 5.88 Å². The molecule has 0 fully saturated rings. The summed E-state index contributed by atoms with van der Waals surface area (Å²) in [4.78, 5) is 12.2. The van der Waals surface area contributed by atoms with E-state index in [0.29, 0.717) is 19.0 Å². The molecule has 0 bridgehead atoms. The highest BCUT2D eigenvalue weighted by Crippen LogP contribution is 2.21. The lowest BCUT2D eigenvalue weighted by Crippen LogP contribution is -2.38. The normalized spacial score (nSPS) is 11.6. The van der Waals surface area contributed by atoms with Crippen molar-refractivity contribution in [3.63, 3.8) is 0 Å². The van der Waals surface area contributed by atoms with Crippen LogP contribution >= 0.6 is 0 Å². The molecule has 0 aliphatic heterocycles. The van der Waals surface area contributed by atoms with Crippen LogP contribution in [0.1, 0.15) is 18.1 Å². The maximum Gasteiger partial charge on any atom is 0.260 e. The van der Waals surface area contributed by atoms with Gasteiger partial charge in [-0.2, -0.15) is 0 Å². The Morgan fingerprint density at radius 3 is 2.52 bits per heavy atom. The number of aryl methyl sites for hydroxylation is 1. The fourth-order valence-corrected chi connectivity index (χ4v) is 2.73. The van der Waals surface area contributed by atoms with Crippen molar-refractivity contribution in [2.45, 2.75) is 26.9 Å². The van der Waals surface area contributed by atoms with Crippen LogP contribution in [-0.4, -0.2) is 35.4 Å². The van der Waals surface area contributed by atoms with Crippen molar-refractivity contribution in [1.82, 2.24) is 15.5 Å². The molecule has 1 amide bonds. The second-order valence-electron chi connectivity index (χ2n) is 6.72. The molecule has 0 aliphatic rings. The highest BCUT2D eigenvalue weighted by Gasteiger charge is 2.15. The Kier molecular flexibility index (Phi) is 6.79. The monoisotopic (exact) mass is 391 g/mol. The van der Waals surface area contributed by atoms with Gasteiger partial charge in [-0.15, -0.1) is 10.2 Å². The lowest BCUT2D eigenvalue weighted by Gasteiger charge is -2.17. The summed E-state index contributed by atoms with van der Waals surface area (Å²) in [6.45, 7) is 6.36. The van der Waals surface area contributed by atoms with E-state index in [-0.39, 0.29) is 5.91 Å². The molecule has 1 aromatic heterocycles. The number of carbonyl (C=O) groups excluding carboxylic acids is 1. The molecule has 0 spiro atoms. The smallest absolute Gasteiger partial charge is 0.260 e. The molecule has 29 heavy (non-hydrogen) atoms. The minimum Gasteiger partial charge on any atom is -0.481 e. The Bertz CT molecular complexity index is 943. The van der Waals surface area contributed by atoms with Gasteiger partial charge in [0.1, 0.15) is 12.4 Å². The van der Waals surface area contributed by atoms with Crippen molar-refractivity contribution in [2.75, 3.05) is 13.2 Å². The quantitative estimate of drug-likeness (QED) is 0.593. The van der Waals surface area contributed by atoms with Crippen LogP contribution in [0.15, 0.2) is 60.7 Å². The van der Waals surface area contributed by atoms with E-state index >= 15 is 0 Å². The van der Waals surface area contributed by atoms with Gasteiger partial charge < -0.3 is 14.8 Å². The van der Waals surface area contributed by atoms with Gasteiger partial charge in [0.25, 0.3) is 5.91 Å². The Hall–Kier alpha value is -3.41. The zero-order valence-corrected chi connectivity index (χ0v) is 16.9. The first-order valence-electron chi connectivity index (χ1n) is 9.57. The fraction of sp³-hybridized carbons (Fsp3) is 0.261. The first-order valence-corrected chi connectivity index (χ1v) is 9.57. The molecule has 1 unspecified atom stereocenters. The molecular weight excluding hydrogens is 366 g/mol. The molecule has 6 nitrogen and oxygen atoms in total. The summed E-state index contributed by atoms with van der Waals surface area (Å²) < 4.78 is 11.3. The molecule has 2 aromatic carbocycles. The lowest BCUT2D eigenvalue weighted by atomic mass is 10.1. The van der Waals surface area contributed by atoms with Gasteiger partial charge in [-0.25, -0.2) is 0 Å². The van der Waals surface area contributed by atoms with Crippen molar-refractivity contribution < 1.29 is 14.3 Å². The first-order chi connectivity index (χ1) is 14.0. The summed E-state index contributed by atoms with van der Waals surface area (Å²) in [7, 11) is 0. The van der Waals surface area contributed by atoms with Crippen LogP contribution in [0.2, 0.25) is 0 Å². The number of nitrogens with zero attached hydrogens (tertiary/aromatic N) is 2. The molecule has 1 heterocycles. The number of hydrogen-bond donors (Lipinski definition) is 1. The Labute approximate surface area is 170 Å². The van der Waals surface area contributed by atoms with E-state index < -0.39 is 6.10 Å². The summed E-state index contributed by atoms with van der Waals surface area (Å²) in [5, 5.41) is 11.0. The zero-order valence-electron chi connectivity index (χ0n) is 16.9. The third kappa shape index (κ3) is 5.54. The van der Waals surface area contributed by atoms with Gasteiger partial charge in [0, 0.05) is 11.6 Å². The van der Waals surface area contributed by atoms with Crippen molar-refractivity contribution >= 4 is 5.91 Å². The number of amides is 1. The number of rotatable bonds is 8. The summed E-state index contributed by atoms with van der Waals surface area (Å²) in [6.07, 6.45) is -0.597. The van der Waals surface area contributed by atoms with Crippen molar-refractivity contribution in [1.29, 1.82) is 0 Å². The Balaban J connectivity index is 1.43. The van der Waals surface area contributed by atoms with E-state index in [1.54, 1.807) is 13.0 Å². The van der Waals surface area contributed by atoms with Crippen molar-refractivity contribution in [2.24, 2.45) is 0 Å². The number of nitrogens with one attached hydrogen (secondary N) is 1. The van der Waals surface area contributed by atoms with Crippen LogP contribution in [0.5, 0.6) is 11.6 Å². The van der Waals surface area contributed by atoms with Crippen LogP contribution in [0.4, 0.5) is 0 Å². The molecule has 0 aliphatic carbocycles. The van der Waals surface area contributed by atoms with E-state index in [9.17, 15) is 4.79 Å². The minimum atomic E-state index is -0.597. The van der Waals surface area contributed by atoms with E-state index in [4.69, 9.17) is 9.47 Å². The Morgan fingerprint density at radius 1 is 1.00 bits per heavy atom. The van der Waals surface area contributed by atoms with E-state index in [0.717, 1.165) is 28.1 Å². The number of hydrogen-bond acceptors (Lipinski definition) is 5. The lowest BCUT2D eigenvalue weighted by molar-refractivity contribution is -0.127. The van der Waals surface area contributed by atoms with Gasteiger partial charge in [-0.3, -0.25) is 4.79 Å². The zero-order chi connectivity index (χ0) is 20.6. The molecular formula is C23H25N3O3. The Morgan fingerprint density at radius 2 is 1.79 bits per heavy atom. The van der Waals surface area contributed by atoms with E-state index in [1.165, 1.54) is 0 Å². The van der Waals surface area contributed by atoms with Crippen LogP contribution in [0.25, 0.3) is 11.3 Å². The first kappa shape index (κ1) is 20.3. The molecule has 3 aromatic rings. The van der Waals surface area contributed by atoms with Crippen molar-refractivity contribution in [3.05, 3.63) is 71.8 Å². The number of aromatic nitrogens is 2. The van der Waals surface area contributed by atoms with Gasteiger partial charge in [0.05, 0.1) is 12.2 Å². The highest BCUT2D eigenvalue weighted by molar-refractivity contribution is 5.80. The molecule has 1 atom stereocenters. The highest BCUT2D eigenvalue weighted by atomic mass is 16.5. The van der Waals surface area contributed by atoms with Crippen LogP contribution in [0, 0.1) is 13.8 Å². The molecule has 1 N–H and O–H groups in total. The topological polar surface area (TPSA) is 73.3 Å². The van der Waals surface area contributed by atoms with Crippen molar-refractivity contribution in [3.8, 4) is 22.9 Å². The van der Waals surface area contributed by atoms with E-state index in [2.05, 4.69) is 15.5 Å². The van der Waals surface area contributed by atoms with Crippen LogP contribution in [-0.2, 0) is 4.79 Å². The SMILES string of the molecule is Cc1cccc(OC(C)C(=O)NCCOc2ccc(-c3ccccc3)nn2)c1C. The predicted octanol–water partition coefficient (Wildman–Crippen LogP) is 3.72. The molecule has 0 saturated carbocycles. The summed E-state index contributed by atoms with van der Waals surface area (Å²) in [5.74, 6) is 0.941. The maximum absolute atomic E-state index is 12.2. The molecule has 3 rings (SSSR count). The van der Waals surface area contributed by atoms with Gasteiger partial charge >= 0.3 is 0 Å². The average molecular weight is 391 g/mol. The maximum atomic E-state index is 12.2. The van der Waals surface area contributed by atoms with Gasteiger partial charge in [-0.05, 0) is 44.0 Å². The summed E-state index contributed by atoms with van der Waals surface area (Å²) in [6, 6.07) is 19.2. The van der Waals surface area contributed by atoms with Gasteiger partial charge in [-0.1, -0.05) is 42.5 Å². The van der Waals surface area contributed by atoms with Gasteiger partial charge in [0.15, 0.2) is 6.10 Å². The van der Waals surface area contributed by atoms with Crippen LogP contribution < -0.4 is 14.8 Å². The molecule has 6 heteroatoms. The van der Waals surface area contributed by atoms with Crippen LogP contribution in [0.3, 0.4) is 0 Å². The molecule has 0 radical (unpaired) electrons. The number of benzene rings is 2. The summed E-state index contributed by atoms with van der Waals surface area (Å²) >= 11 is 0. The summed E-state index contributed by atoms with van der Waals surface area (Å²) in [5.41, 5.74) is 3.94. The molecule has 150 valence electrons. The molecule has 0 saturated heterocycles. The predicted molar refractivity (Wildman–Crippen MR) is 112 cm³/mol. The second kappa shape index (κ2) is 9.68. The average Bonchev–Trinajstić information content (AvgIpc) is 2.75. The minimum absolute atomic E-state index is 0.194. The number of ether oxygens (including phenoxy) is 2.